The molecule has 4 unspecified atom stereocenters. The number of hydrogen-bond donors (Lipinski definition) is 0. The molecule has 0 bridgehead atoms. The predicted octanol–water partition coefficient (Wildman–Crippen LogP) is 3.75. The van der Waals surface area contributed by atoms with Gasteiger partial charge in [-0.2, -0.15) is 0 Å². The molecule has 0 aromatic heterocycles. The van der Waals surface area contributed by atoms with Crippen LogP contribution in [0.3, 0.4) is 0 Å². The van der Waals surface area contributed by atoms with E-state index in [2.05, 4.69) is 25.7 Å². The highest BCUT2D eigenvalue weighted by molar-refractivity contribution is 5.82. The number of rotatable bonds is 2. The van der Waals surface area contributed by atoms with E-state index in [4.69, 9.17) is 0 Å². The Morgan fingerprint density at radius 2 is 1.75 bits per heavy atom. The summed E-state index contributed by atoms with van der Waals surface area (Å²) in [5, 5.41) is 0. The van der Waals surface area contributed by atoms with Gasteiger partial charge in [0.25, 0.3) is 0 Å². The first kappa shape index (κ1) is 14.6. The molecule has 0 radical (unpaired) electrons. The normalized spacial score (nSPS) is 39.2. The van der Waals surface area contributed by atoms with Crippen molar-refractivity contribution in [2.24, 2.45) is 29.1 Å². The minimum atomic E-state index is 0.326. The van der Waals surface area contributed by atoms with Crippen molar-refractivity contribution in [2.75, 3.05) is 19.6 Å². The van der Waals surface area contributed by atoms with Crippen LogP contribution in [0.1, 0.15) is 59.3 Å². The molecule has 3 fully saturated rings. The summed E-state index contributed by atoms with van der Waals surface area (Å²) < 4.78 is 0. The Hall–Kier alpha value is -0.370. The number of fused-ring (bicyclic) bond motifs is 1. The van der Waals surface area contributed by atoms with E-state index in [1.807, 2.05) is 0 Å². The minimum absolute atomic E-state index is 0.326. The third-order valence-corrected chi connectivity index (χ3v) is 6.27. The Bertz CT molecular complexity index is 358. The first-order valence-electron chi connectivity index (χ1n) is 8.68. The van der Waals surface area contributed by atoms with Gasteiger partial charge in [-0.25, -0.2) is 0 Å². The van der Waals surface area contributed by atoms with E-state index in [9.17, 15) is 4.79 Å². The number of likely N-dealkylation sites (tertiary alicyclic amines) is 1. The lowest BCUT2D eigenvalue weighted by Crippen LogP contribution is -2.38. The third kappa shape index (κ3) is 2.95. The molecule has 20 heavy (non-hydrogen) atoms. The van der Waals surface area contributed by atoms with Crippen molar-refractivity contribution in [3.8, 4) is 0 Å². The van der Waals surface area contributed by atoms with Crippen LogP contribution in [-0.4, -0.2) is 30.3 Å². The molecule has 2 heteroatoms. The van der Waals surface area contributed by atoms with Gasteiger partial charge >= 0.3 is 0 Å². The van der Waals surface area contributed by atoms with Crippen molar-refractivity contribution >= 4 is 5.78 Å². The summed E-state index contributed by atoms with van der Waals surface area (Å²) in [6, 6.07) is 0. The maximum Gasteiger partial charge on any atom is 0.137 e. The van der Waals surface area contributed by atoms with Crippen LogP contribution in [0.25, 0.3) is 0 Å². The van der Waals surface area contributed by atoms with Crippen LogP contribution >= 0.6 is 0 Å². The Balaban J connectivity index is 1.57. The molecule has 0 amide bonds. The first-order chi connectivity index (χ1) is 9.43. The van der Waals surface area contributed by atoms with Gasteiger partial charge in [0.1, 0.15) is 5.78 Å². The average Bonchev–Trinajstić information content (AvgIpc) is 2.91. The Labute approximate surface area is 124 Å². The largest absolute Gasteiger partial charge is 0.302 e. The number of Topliss-reactive ketones (excluding diaryl/α,β-unsaturated/α-hetero) is 1. The highest BCUT2D eigenvalue weighted by atomic mass is 16.1. The fraction of sp³-hybridized carbons (Fsp3) is 0.944. The topological polar surface area (TPSA) is 20.3 Å². The van der Waals surface area contributed by atoms with E-state index in [-0.39, 0.29) is 0 Å². The van der Waals surface area contributed by atoms with Gasteiger partial charge in [-0.3, -0.25) is 4.79 Å². The zero-order valence-electron chi connectivity index (χ0n) is 13.5. The van der Waals surface area contributed by atoms with Crippen molar-refractivity contribution in [3.05, 3.63) is 0 Å². The monoisotopic (exact) mass is 277 g/mol. The van der Waals surface area contributed by atoms with Gasteiger partial charge in [0.15, 0.2) is 0 Å². The van der Waals surface area contributed by atoms with Gasteiger partial charge in [-0.1, -0.05) is 27.2 Å². The standard InChI is InChI=1S/C18H31NO/c1-18(2,3)16-7-8-17(20)15(9-16)12-19-10-13-5-4-6-14(13)11-19/h13-16H,4-12H2,1-3H3. The molecule has 3 aliphatic rings. The van der Waals surface area contributed by atoms with E-state index in [1.165, 1.54) is 32.4 Å². The van der Waals surface area contributed by atoms with Crippen molar-refractivity contribution in [3.63, 3.8) is 0 Å². The highest BCUT2D eigenvalue weighted by Crippen LogP contribution is 2.41. The fourth-order valence-corrected chi connectivity index (χ4v) is 4.87. The molecule has 2 aliphatic carbocycles. The molecule has 1 saturated heterocycles. The van der Waals surface area contributed by atoms with Crippen LogP contribution in [0.5, 0.6) is 0 Å². The number of carbonyl (C=O) groups excluding carboxylic acids is 1. The first-order valence-corrected chi connectivity index (χ1v) is 8.68. The molecule has 2 saturated carbocycles. The highest BCUT2D eigenvalue weighted by Gasteiger charge is 2.40. The lowest BCUT2D eigenvalue weighted by atomic mass is 9.68. The molecule has 1 heterocycles. The van der Waals surface area contributed by atoms with E-state index in [0.29, 0.717) is 17.1 Å². The SMILES string of the molecule is CC(C)(C)C1CCC(=O)C(CN2CC3CCCC3C2)C1. The van der Waals surface area contributed by atoms with E-state index < -0.39 is 0 Å². The molecule has 1 aliphatic heterocycles. The average molecular weight is 277 g/mol. The van der Waals surface area contributed by atoms with Crippen LogP contribution in [0.2, 0.25) is 0 Å². The lowest BCUT2D eigenvalue weighted by molar-refractivity contribution is -0.127. The summed E-state index contributed by atoms with van der Waals surface area (Å²) in [4.78, 5) is 14.9. The summed E-state index contributed by atoms with van der Waals surface area (Å²) in [5.41, 5.74) is 0.362. The maximum atomic E-state index is 12.3. The van der Waals surface area contributed by atoms with Crippen LogP contribution in [0.4, 0.5) is 0 Å². The Morgan fingerprint density at radius 3 is 2.35 bits per heavy atom. The van der Waals surface area contributed by atoms with Gasteiger partial charge in [0, 0.05) is 32.0 Å². The van der Waals surface area contributed by atoms with Gasteiger partial charge < -0.3 is 4.90 Å². The molecule has 3 rings (SSSR count). The lowest BCUT2D eigenvalue weighted by Gasteiger charge is -2.38. The van der Waals surface area contributed by atoms with Gasteiger partial charge in [-0.15, -0.1) is 0 Å². The molecule has 4 atom stereocenters. The molecule has 0 aromatic rings. The van der Waals surface area contributed by atoms with Gasteiger partial charge in [0.05, 0.1) is 0 Å². The third-order valence-electron chi connectivity index (χ3n) is 6.27. The predicted molar refractivity (Wildman–Crippen MR) is 82.6 cm³/mol. The number of ketones is 1. The van der Waals surface area contributed by atoms with Gasteiger partial charge in [-0.05, 0) is 48.9 Å². The quantitative estimate of drug-likeness (QED) is 0.766. The molecular formula is C18H31NO. The Morgan fingerprint density at radius 1 is 1.10 bits per heavy atom. The van der Waals surface area contributed by atoms with Crippen molar-refractivity contribution < 1.29 is 4.79 Å². The fourth-order valence-electron chi connectivity index (χ4n) is 4.87. The second kappa shape index (κ2) is 5.44. The smallest absolute Gasteiger partial charge is 0.137 e. The summed E-state index contributed by atoms with van der Waals surface area (Å²) in [6.07, 6.45) is 7.39. The number of carbonyl (C=O) groups is 1. The molecule has 114 valence electrons. The Kier molecular flexibility index (Phi) is 3.96. The van der Waals surface area contributed by atoms with Crippen LogP contribution in [-0.2, 0) is 4.79 Å². The van der Waals surface area contributed by atoms with Crippen molar-refractivity contribution in [1.29, 1.82) is 0 Å². The zero-order chi connectivity index (χ0) is 14.3. The number of hydrogen-bond acceptors (Lipinski definition) is 2. The summed E-state index contributed by atoms with van der Waals surface area (Å²) in [7, 11) is 0. The van der Waals surface area contributed by atoms with E-state index in [0.717, 1.165) is 43.6 Å². The minimum Gasteiger partial charge on any atom is -0.302 e. The second-order valence-electron chi connectivity index (χ2n) is 8.67. The van der Waals surface area contributed by atoms with Gasteiger partial charge in [0.2, 0.25) is 0 Å². The molecule has 2 nitrogen and oxygen atoms in total. The van der Waals surface area contributed by atoms with Crippen molar-refractivity contribution in [2.45, 2.75) is 59.3 Å². The molecular weight excluding hydrogens is 246 g/mol. The number of nitrogens with zero attached hydrogens (tertiary/aromatic N) is 1. The zero-order valence-corrected chi connectivity index (χ0v) is 13.5. The molecule has 0 spiro atoms. The van der Waals surface area contributed by atoms with E-state index >= 15 is 0 Å². The summed E-state index contributed by atoms with van der Waals surface area (Å²) in [6.45, 7) is 10.6. The summed E-state index contributed by atoms with van der Waals surface area (Å²) in [5.74, 6) is 3.50. The van der Waals surface area contributed by atoms with Crippen LogP contribution < -0.4 is 0 Å². The maximum absolute atomic E-state index is 12.3. The van der Waals surface area contributed by atoms with E-state index in [1.54, 1.807) is 0 Å². The summed E-state index contributed by atoms with van der Waals surface area (Å²) >= 11 is 0. The van der Waals surface area contributed by atoms with Crippen LogP contribution in [0.15, 0.2) is 0 Å². The van der Waals surface area contributed by atoms with Crippen molar-refractivity contribution in [1.82, 2.24) is 4.90 Å². The molecule has 0 aromatic carbocycles. The molecule has 0 N–H and O–H groups in total. The second-order valence-corrected chi connectivity index (χ2v) is 8.67. The van der Waals surface area contributed by atoms with Crippen LogP contribution in [0, 0.1) is 29.1 Å².